The minimum Gasteiger partial charge on any atom is -0.493 e. The second-order valence-electron chi connectivity index (χ2n) is 8.88. The van der Waals surface area contributed by atoms with Gasteiger partial charge in [0.05, 0.1) is 20.8 Å². The van der Waals surface area contributed by atoms with Gasteiger partial charge in [-0.3, -0.25) is 9.69 Å². The molecular weight excluding hydrogens is 402 g/mol. The van der Waals surface area contributed by atoms with Crippen LogP contribution >= 0.6 is 0 Å². The molecule has 1 N–H and O–H groups in total. The molecule has 6 nitrogen and oxygen atoms in total. The van der Waals surface area contributed by atoms with Gasteiger partial charge in [0.25, 0.3) is 0 Å². The number of methoxy groups -OCH3 is 2. The van der Waals surface area contributed by atoms with E-state index < -0.39 is 0 Å². The van der Waals surface area contributed by atoms with E-state index in [1.807, 2.05) is 17.0 Å². The number of carbonyl (C=O) groups is 1. The molecule has 1 amide bonds. The molecule has 3 aromatic rings. The molecule has 32 heavy (non-hydrogen) atoms. The summed E-state index contributed by atoms with van der Waals surface area (Å²) in [6, 6.07) is 12.6. The van der Waals surface area contributed by atoms with Gasteiger partial charge in [-0.25, -0.2) is 0 Å². The molecule has 1 saturated heterocycles. The summed E-state index contributed by atoms with van der Waals surface area (Å²) in [7, 11) is 3.31. The maximum absolute atomic E-state index is 13.1. The Morgan fingerprint density at radius 2 is 1.75 bits per heavy atom. The molecule has 3 heterocycles. The first-order valence-electron chi connectivity index (χ1n) is 11.5. The van der Waals surface area contributed by atoms with Crippen LogP contribution in [0.5, 0.6) is 11.5 Å². The summed E-state index contributed by atoms with van der Waals surface area (Å²) < 4.78 is 10.9. The first-order valence-corrected chi connectivity index (χ1v) is 11.5. The highest BCUT2D eigenvalue weighted by atomic mass is 16.5. The third-order valence-electron chi connectivity index (χ3n) is 7.08. The molecule has 0 saturated carbocycles. The Morgan fingerprint density at radius 3 is 2.50 bits per heavy atom. The van der Waals surface area contributed by atoms with Crippen LogP contribution in [0.25, 0.3) is 10.9 Å². The second kappa shape index (κ2) is 8.87. The quantitative estimate of drug-likeness (QED) is 0.662. The zero-order chi connectivity index (χ0) is 22.1. The second-order valence-corrected chi connectivity index (χ2v) is 8.88. The zero-order valence-electron chi connectivity index (χ0n) is 18.9. The van der Waals surface area contributed by atoms with Crippen LogP contribution in [-0.4, -0.2) is 61.1 Å². The molecule has 0 atom stereocenters. The van der Waals surface area contributed by atoms with Gasteiger partial charge in [0, 0.05) is 30.2 Å². The van der Waals surface area contributed by atoms with Gasteiger partial charge in [-0.05, 0) is 73.2 Å². The number of fused-ring (bicyclic) bond motifs is 2. The molecular formula is C26H31N3O3. The SMILES string of the molecule is COc1cc2c(cc1OC)CN(C(=O)CN1CCC(c3c[nH]c4ccccc34)CC1)CC2. The van der Waals surface area contributed by atoms with Gasteiger partial charge >= 0.3 is 0 Å². The number of ether oxygens (including phenoxy) is 2. The molecule has 2 aliphatic heterocycles. The Balaban J connectivity index is 1.19. The molecule has 0 aliphatic carbocycles. The summed E-state index contributed by atoms with van der Waals surface area (Å²) in [6.07, 6.45) is 5.21. The van der Waals surface area contributed by atoms with Gasteiger partial charge in [-0.15, -0.1) is 0 Å². The fraction of sp³-hybridized carbons (Fsp3) is 0.423. The topological polar surface area (TPSA) is 57.8 Å². The number of aromatic nitrogens is 1. The third kappa shape index (κ3) is 3.95. The molecule has 0 radical (unpaired) electrons. The van der Waals surface area contributed by atoms with Crippen molar-refractivity contribution in [2.45, 2.75) is 31.7 Å². The fourth-order valence-electron chi connectivity index (χ4n) is 5.22. The number of rotatable bonds is 5. The number of benzene rings is 2. The Labute approximate surface area is 189 Å². The van der Waals surface area contributed by atoms with Crippen molar-refractivity contribution in [1.82, 2.24) is 14.8 Å². The fourth-order valence-corrected chi connectivity index (χ4v) is 5.22. The van der Waals surface area contributed by atoms with E-state index in [-0.39, 0.29) is 5.91 Å². The normalized spacial score (nSPS) is 17.4. The number of para-hydroxylation sites is 1. The number of nitrogens with zero attached hydrogens (tertiary/aromatic N) is 2. The molecule has 1 fully saturated rings. The summed E-state index contributed by atoms with van der Waals surface area (Å²) in [5, 5.41) is 1.33. The molecule has 6 heteroatoms. The maximum atomic E-state index is 13.1. The highest BCUT2D eigenvalue weighted by Gasteiger charge is 2.27. The number of hydrogen-bond acceptors (Lipinski definition) is 4. The van der Waals surface area contributed by atoms with Crippen LogP contribution in [0.3, 0.4) is 0 Å². The van der Waals surface area contributed by atoms with Crippen molar-refractivity contribution in [2.75, 3.05) is 40.4 Å². The monoisotopic (exact) mass is 433 g/mol. The Morgan fingerprint density at radius 1 is 1.03 bits per heavy atom. The molecule has 0 spiro atoms. The first-order chi connectivity index (χ1) is 15.7. The van der Waals surface area contributed by atoms with Crippen LogP contribution in [0, 0.1) is 0 Å². The summed E-state index contributed by atoms with van der Waals surface area (Å²) in [5.41, 5.74) is 5.02. The minimum absolute atomic E-state index is 0.218. The maximum Gasteiger partial charge on any atom is 0.237 e. The van der Waals surface area contributed by atoms with E-state index in [4.69, 9.17) is 9.47 Å². The number of carbonyl (C=O) groups excluding carboxylic acids is 1. The molecule has 0 unspecified atom stereocenters. The number of H-pyrrole nitrogens is 1. The van der Waals surface area contributed by atoms with E-state index in [0.717, 1.165) is 56.0 Å². The number of amides is 1. The summed E-state index contributed by atoms with van der Waals surface area (Å²) in [4.78, 5) is 20.8. The third-order valence-corrected chi connectivity index (χ3v) is 7.08. The first kappa shape index (κ1) is 20.9. The lowest BCUT2D eigenvalue weighted by atomic mass is 9.89. The molecule has 2 aliphatic rings. The van der Waals surface area contributed by atoms with Crippen molar-refractivity contribution in [2.24, 2.45) is 0 Å². The highest BCUT2D eigenvalue weighted by molar-refractivity contribution is 5.83. The van der Waals surface area contributed by atoms with Crippen LogP contribution < -0.4 is 9.47 Å². The number of likely N-dealkylation sites (tertiary alicyclic amines) is 1. The van der Waals surface area contributed by atoms with Crippen molar-refractivity contribution in [3.05, 3.63) is 59.3 Å². The molecule has 5 rings (SSSR count). The molecule has 168 valence electrons. The number of aromatic amines is 1. The smallest absolute Gasteiger partial charge is 0.237 e. The van der Waals surface area contributed by atoms with Gasteiger partial charge in [0.1, 0.15) is 0 Å². The molecule has 2 aromatic carbocycles. The lowest BCUT2D eigenvalue weighted by molar-refractivity contribution is -0.133. The van der Waals surface area contributed by atoms with Crippen molar-refractivity contribution >= 4 is 16.8 Å². The van der Waals surface area contributed by atoms with Crippen LogP contribution in [0.4, 0.5) is 0 Å². The number of hydrogen-bond donors (Lipinski definition) is 1. The number of piperidine rings is 1. The van der Waals surface area contributed by atoms with Crippen LogP contribution in [0.15, 0.2) is 42.6 Å². The van der Waals surface area contributed by atoms with E-state index in [1.54, 1.807) is 14.2 Å². The Hall–Kier alpha value is -2.99. The standard InChI is InChI=1S/C26H31N3O3/c1-31-24-13-19-9-12-29(16-20(19)14-25(24)32-2)26(30)17-28-10-7-18(8-11-28)22-15-27-23-6-4-3-5-21(22)23/h3-6,13-15,18,27H,7-12,16-17H2,1-2H3. The summed E-state index contributed by atoms with van der Waals surface area (Å²) in [6.45, 7) is 3.83. The predicted molar refractivity (Wildman–Crippen MR) is 125 cm³/mol. The minimum atomic E-state index is 0.218. The average molecular weight is 434 g/mol. The molecule has 0 bridgehead atoms. The van der Waals surface area contributed by atoms with E-state index >= 15 is 0 Å². The van der Waals surface area contributed by atoms with Gasteiger partial charge in [0.15, 0.2) is 11.5 Å². The van der Waals surface area contributed by atoms with Crippen LogP contribution in [0.1, 0.15) is 35.4 Å². The van der Waals surface area contributed by atoms with Crippen LogP contribution in [-0.2, 0) is 17.8 Å². The van der Waals surface area contributed by atoms with E-state index in [9.17, 15) is 4.79 Å². The predicted octanol–water partition coefficient (Wildman–Crippen LogP) is 3.95. The van der Waals surface area contributed by atoms with Crippen molar-refractivity contribution in [3.63, 3.8) is 0 Å². The van der Waals surface area contributed by atoms with Crippen molar-refractivity contribution in [1.29, 1.82) is 0 Å². The van der Waals surface area contributed by atoms with Gasteiger partial charge in [0.2, 0.25) is 5.91 Å². The van der Waals surface area contributed by atoms with Crippen LogP contribution in [0.2, 0.25) is 0 Å². The van der Waals surface area contributed by atoms with Gasteiger partial charge in [-0.2, -0.15) is 0 Å². The summed E-state index contributed by atoms with van der Waals surface area (Å²) >= 11 is 0. The Bertz CT molecular complexity index is 1110. The summed E-state index contributed by atoms with van der Waals surface area (Å²) in [5.74, 6) is 2.25. The van der Waals surface area contributed by atoms with E-state index in [1.165, 1.54) is 22.0 Å². The Kier molecular flexibility index (Phi) is 5.79. The van der Waals surface area contributed by atoms with Crippen molar-refractivity contribution < 1.29 is 14.3 Å². The van der Waals surface area contributed by atoms with E-state index in [2.05, 4.69) is 40.3 Å². The lowest BCUT2D eigenvalue weighted by Crippen LogP contribution is -2.44. The molecule has 1 aromatic heterocycles. The highest BCUT2D eigenvalue weighted by Crippen LogP contribution is 2.34. The number of nitrogens with one attached hydrogen (secondary N) is 1. The van der Waals surface area contributed by atoms with Crippen molar-refractivity contribution in [3.8, 4) is 11.5 Å². The van der Waals surface area contributed by atoms with E-state index in [0.29, 0.717) is 19.0 Å². The average Bonchev–Trinajstić information content (AvgIpc) is 3.27. The van der Waals surface area contributed by atoms with Gasteiger partial charge in [-0.1, -0.05) is 18.2 Å². The van der Waals surface area contributed by atoms with Gasteiger partial charge < -0.3 is 19.4 Å². The zero-order valence-corrected chi connectivity index (χ0v) is 18.9. The largest absolute Gasteiger partial charge is 0.493 e. The lowest BCUT2D eigenvalue weighted by Gasteiger charge is -2.35.